The summed E-state index contributed by atoms with van der Waals surface area (Å²) in [5, 5.41) is 11.4. The highest BCUT2D eigenvalue weighted by atomic mass is 16.7. The molecule has 6 fully saturated rings. The fraction of sp³-hybridized carbons (Fsp3) is 0.850. The highest BCUT2D eigenvalue weighted by Gasteiger charge is 2.97. The van der Waals surface area contributed by atoms with Crippen LogP contribution in [-0.4, -0.2) is 58.9 Å². The van der Waals surface area contributed by atoms with Gasteiger partial charge in [-0.2, -0.15) is 0 Å². The van der Waals surface area contributed by atoms with Crippen molar-refractivity contribution >= 4 is 5.97 Å². The van der Waals surface area contributed by atoms with Gasteiger partial charge >= 0.3 is 5.97 Å². The van der Waals surface area contributed by atoms with Crippen LogP contribution >= 0.6 is 0 Å². The molecule has 4 saturated heterocycles. The van der Waals surface area contributed by atoms with Gasteiger partial charge in [0, 0.05) is 23.3 Å². The van der Waals surface area contributed by atoms with E-state index in [0.717, 1.165) is 30.4 Å². The number of epoxide rings is 2. The molecule has 140 valence electrons. The van der Waals surface area contributed by atoms with Gasteiger partial charge in [0.2, 0.25) is 0 Å². The number of esters is 1. The monoisotopic (exact) mass is 360 g/mol. The lowest BCUT2D eigenvalue weighted by atomic mass is 9.42. The zero-order chi connectivity index (χ0) is 17.9. The first-order valence-corrected chi connectivity index (χ1v) is 9.94. The molecule has 0 aromatic rings. The number of rotatable bonds is 1. The predicted molar refractivity (Wildman–Crippen MR) is 87.1 cm³/mol. The van der Waals surface area contributed by atoms with Gasteiger partial charge in [-0.15, -0.1) is 0 Å². The summed E-state index contributed by atoms with van der Waals surface area (Å²) in [5.74, 6) is 0.202. The molecule has 8 aliphatic rings. The first-order valence-electron chi connectivity index (χ1n) is 9.94. The average molecular weight is 360 g/mol. The predicted octanol–water partition coefficient (Wildman–Crippen LogP) is 1.10. The molecule has 2 bridgehead atoms. The van der Waals surface area contributed by atoms with Crippen molar-refractivity contribution < 1.29 is 28.8 Å². The van der Waals surface area contributed by atoms with E-state index in [2.05, 4.69) is 20.8 Å². The molecule has 0 aromatic heterocycles. The van der Waals surface area contributed by atoms with Gasteiger partial charge in [-0.05, 0) is 24.3 Å². The molecule has 5 aliphatic heterocycles. The molecule has 8 rings (SSSR count). The standard InChI is InChI=1S/C20H24O6/c1-8(2)19-13(25-19)14-20(26-14)17(3)5-4-9-10(7-23-15(9)21)12(17)11-6-18(20,24-11)16(19)22/h8,11-14,16,22H,4-7H2,1-3H3/t11?,12-,13+,14+,16+,17+,18-,19+,20-/m1/s1. The van der Waals surface area contributed by atoms with Gasteiger partial charge < -0.3 is 24.1 Å². The number of fused-ring (bicyclic) bond motifs is 2. The number of ether oxygens (including phenoxy) is 4. The first kappa shape index (κ1) is 15.0. The maximum Gasteiger partial charge on any atom is 0.334 e. The van der Waals surface area contributed by atoms with E-state index in [4.69, 9.17) is 18.9 Å². The van der Waals surface area contributed by atoms with E-state index in [1.807, 2.05) is 0 Å². The lowest BCUT2D eigenvalue weighted by Gasteiger charge is -2.70. The highest BCUT2D eigenvalue weighted by Crippen LogP contribution is 2.82. The number of hydrogen-bond acceptors (Lipinski definition) is 6. The van der Waals surface area contributed by atoms with Crippen molar-refractivity contribution in [1.82, 2.24) is 0 Å². The number of aliphatic hydroxyl groups excluding tert-OH is 1. The number of cyclic esters (lactones) is 1. The maximum atomic E-state index is 12.1. The van der Waals surface area contributed by atoms with Crippen LogP contribution in [0.1, 0.15) is 40.0 Å². The minimum atomic E-state index is -0.662. The Bertz CT molecular complexity index is 811. The third-order valence-corrected chi connectivity index (χ3v) is 9.09. The van der Waals surface area contributed by atoms with Gasteiger partial charge in [0.1, 0.15) is 41.7 Å². The van der Waals surface area contributed by atoms with Crippen molar-refractivity contribution in [2.45, 2.75) is 81.3 Å². The molecule has 3 aliphatic carbocycles. The molecular weight excluding hydrogens is 336 g/mol. The van der Waals surface area contributed by atoms with Gasteiger partial charge in [0.25, 0.3) is 0 Å². The van der Waals surface area contributed by atoms with E-state index in [-0.39, 0.29) is 41.5 Å². The second kappa shape index (κ2) is 3.79. The van der Waals surface area contributed by atoms with Crippen LogP contribution in [0.5, 0.6) is 0 Å². The molecule has 1 N–H and O–H groups in total. The van der Waals surface area contributed by atoms with E-state index in [9.17, 15) is 9.90 Å². The average Bonchev–Trinajstić information content (AvgIpc) is 3.42. The fourth-order valence-corrected chi connectivity index (χ4v) is 7.90. The lowest BCUT2D eigenvalue weighted by Crippen LogP contribution is -2.83. The minimum Gasteiger partial charge on any atom is -0.458 e. The maximum absolute atomic E-state index is 12.1. The summed E-state index contributed by atoms with van der Waals surface area (Å²) >= 11 is 0. The Labute approximate surface area is 151 Å². The molecule has 2 saturated carbocycles. The van der Waals surface area contributed by atoms with E-state index in [1.165, 1.54) is 0 Å². The largest absolute Gasteiger partial charge is 0.458 e. The molecule has 2 spiro atoms. The summed E-state index contributed by atoms with van der Waals surface area (Å²) in [5.41, 5.74) is 0.151. The normalized spacial score (nSPS) is 63.1. The summed E-state index contributed by atoms with van der Waals surface area (Å²) in [6.45, 7) is 6.89. The molecule has 9 atom stereocenters. The van der Waals surface area contributed by atoms with Crippen LogP contribution < -0.4 is 0 Å². The van der Waals surface area contributed by atoms with Crippen molar-refractivity contribution in [2.24, 2.45) is 17.3 Å². The van der Waals surface area contributed by atoms with Gasteiger partial charge in [-0.3, -0.25) is 0 Å². The molecule has 26 heavy (non-hydrogen) atoms. The minimum absolute atomic E-state index is 0.0118. The Balaban J connectivity index is 1.39. The van der Waals surface area contributed by atoms with Crippen LogP contribution in [-0.2, 0) is 23.7 Å². The third kappa shape index (κ3) is 1.12. The van der Waals surface area contributed by atoms with Crippen LogP contribution in [0, 0.1) is 17.3 Å². The Hall–Kier alpha value is -0.950. The molecule has 0 amide bonds. The van der Waals surface area contributed by atoms with Crippen LogP contribution in [0.25, 0.3) is 0 Å². The number of carbonyl (C=O) groups excluding carboxylic acids is 1. The fourth-order valence-electron chi connectivity index (χ4n) is 7.90. The zero-order valence-corrected chi connectivity index (χ0v) is 15.3. The molecule has 6 nitrogen and oxygen atoms in total. The van der Waals surface area contributed by atoms with Gasteiger partial charge in [-0.1, -0.05) is 20.8 Å². The van der Waals surface area contributed by atoms with Crippen molar-refractivity contribution in [1.29, 1.82) is 0 Å². The summed E-state index contributed by atoms with van der Waals surface area (Å²) in [4.78, 5) is 12.1. The van der Waals surface area contributed by atoms with Crippen molar-refractivity contribution in [3.8, 4) is 0 Å². The van der Waals surface area contributed by atoms with E-state index in [1.54, 1.807) is 0 Å². The quantitative estimate of drug-likeness (QED) is 0.557. The van der Waals surface area contributed by atoms with E-state index in [0.29, 0.717) is 6.61 Å². The SMILES string of the molecule is CC(C)[C@]12O[C@H]1[C@@H]1O[C@@]13[C@@]1(C)CCC4=C(COC4=O)[C@@H]1C1C[C@@]3(O1)[C@@H]2O. The molecule has 5 heterocycles. The molecular formula is C20H24O6. The van der Waals surface area contributed by atoms with E-state index < -0.39 is 22.9 Å². The van der Waals surface area contributed by atoms with Gasteiger partial charge in [-0.25, -0.2) is 4.79 Å². The lowest BCUT2D eigenvalue weighted by molar-refractivity contribution is -0.366. The number of hydrogen-bond donors (Lipinski definition) is 1. The van der Waals surface area contributed by atoms with E-state index >= 15 is 0 Å². The van der Waals surface area contributed by atoms with Crippen molar-refractivity contribution in [3.05, 3.63) is 11.1 Å². The molecule has 1 unspecified atom stereocenters. The van der Waals surface area contributed by atoms with Crippen molar-refractivity contribution in [3.63, 3.8) is 0 Å². The highest BCUT2D eigenvalue weighted by molar-refractivity contribution is 5.92. The van der Waals surface area contributed by atoms with Gasteiger partial charge in [0.15, 0.2) is 0 Å². The Morgan fingerprint density at radius 1 is 1.19 bits per heavy atom. The first-order chi connectivity index (χ1) is 12.3. The molecule has 6 heteroatoms. The summed E-state index contributed by atoms with van der Waals surface area (Å²) in [6, 6.07) is 0. The van der Waals surface area contributed by atoms with Crippen LogP contribution in [0.4, 0.5) is 0 Å². The third-order valence-electron chi connectivity index (χ3n) is 9.09. The zero-order valence-electron chi connectivity index (χ0n) is 15.3. The smallest absolute Gasteiger partial charge is 0.334 e. The Kier molecular flexibility index (Phi) is 2.19. The Morgan fingerprint density at radius 2 is 1.96 bits per heavy atom. The van der Waals surface area contributed by atoms with Crippen molar-refractivity contribution in [2.75, 3.05) is 6.61 Å². The molecule has 0 radical (unpaired) electrons. The number of carbonyl (C=O) groups is 1. The summed E-state index contributed by atoms with van der Waals surface area (Å²) < 4.78 is 24.5. The van der Waals surface area contributed by atoms with Crippen LogP contribution in [0.3, 0.4) is 0 Å². The van der Waals surface area contributed by atoms with Crippen LogP contribution in [0.15, 0.2) is 11.1 Å². The summed E-state index contributed by atoms with van der Waals surface area (Å²) in [6.07, 6.45) is 1.70. The second-order valence-corrected chi connectivity index (χ2v) is 9.95. The van der Waals surface area contributed by atoms with Crippen LogP contribution in [0.2, 0.25) is 0 Å². The topological polar surface area (TPSA) is 80.8 Å². The summed E-state index contributed by atoms with van der Waals surface area (Å²) in [7, 11) is 0. The second-order valence-electron chi connectivity index (χ2n) is 9.95. The van der Waals surface area contributed by atoms with Gasteiger partial charge in [0.05, 0.1) is 6.10 Å². The Morgan fingerprint density at radius 3 is 2.69 bits per heavy atom. The molecule has 0 aromatic carbocycles. The number of aliphatic hydroxyl groups is 1.